The second kappa shape index (κ2) is 5.26. The number of rotatable bonds is 4. The molecule has 84 valence electrons. The number of methoxy groups -OCH3 is 1. The molecule has 0 fully saturated rings. The van der Waals surface area contributed by atoms with Crippen LogP contribution in [0.5, 0.6) is 5.75 Å². The maximum Gasteiger partial charge on any atom is 0.189 e. The van der Waals surface area contributed by atoms with Crippen molar-refractivity contribution >= 4 is 12.1 Å². The van der Waals surface area contributed by atoms with Crippen molar-refractivity contribution in [2.45, 2.75) is 13.8 Å². The maximum atomic E-state index is 11.8. The predicted octanol–water partition coefficient (Wildman–Crippen LogP) is 2.66. The summed E-state index contributed by atoms with van der Waals surface area (Å²) in [5.41, 5.74) is 1.78. The zero-order valence-electron chi connectivity index (χ0n) is 9.61. The number of aldehydes is 1. The van der Waals surface area contributed by atoms with Gasteiger partial charge in [0, 0.05) is 5.56 Å². The molecule has 1 rings (SSSR count). The molecule has 3 heteroatoms. The van der Waals surface area contributed by atoms with Gasteiger partial charge in [0.05, 0.1) is 12.7 Å². The highest BCUT2D eigenvalue weighted by Crippen LogP contribution is 2.20. The molecule has 3 nitrogen and oxygen atoms in total. The summed E-state index contributed by atoms with van der Waals surface area (Å²) in [7, 11) is 1.50. The normalized spacial score (nSPS) is 9.44. The molecule has 0 radical (unpaired) electrons. The first-order chi connectivity index (χ1) is 7.58. The van der Waals surface area contributed by atoms with Crippen molar-refractivity contribution in [2.75, 3.05) is 7.11 Å². The summed E-state index contributed by atoms with van der Waals surface area (Å²) in [5.74, 6) is 0.327. The monoisotopic (exact) mass is 218 g/mol. The molecule has 1 aromatic rings. The lowest BCUT2D eigenvalue weighted by molar-refractivity contribution is 0.104. The van der Waals surface area contributed by atoms with Crippen LogP contribution in [-0.2, 0) is 0 Å². The molecule has 0 atom stereocenters. The third-order valence-corrected chi connectivity index (χ3v) is 2.04. The predicted molar refractivity (Wildman–Crippen MR) is 62.1 cm³/mol. The van der Waals surface area contributed by atoms with Crippen LogP contribution in [0.15, 0.2) is 29.8 Å². The highest BCUT2D eigenvalue weighted by molar-refractivity contribution is 6.07. The van der Waals surface area contributed by atoms with Gasteiger partial charge in [-0.1, -0.05) is 5.57 Å². The van der Waals surface area contributed by atoms with Crippen LogP contribution in [0.1, 0.15) is 34.6 Å². The molecule has 1 aromatic carbocycles. The Morgan fingerprint density at radius 1 is 1.31 bits per heavy atom. The fraction of sp³-hybridized carbons (Fsp3) is 0.231. The smallest absolute Gasteiger partial charge is 0.189 e. The van der Waals surface area contributed by atoms with E-state index in [-0.39, 0.29) is 5.78 Å². The first-order valence-corrected chi connectivity index (χ1v) is 4.91. The second-order valence-corrected chi connectivity index (χ2v) is 3.66. The summed E-state index contributed by atoms with van der Waals surface area (Å²) in [6.07, 6.45) is 2.23. The van der Waals surface area contributed by atoms with Crippen LogP contribution in [0.25, 0.3) is 0 Å². The number of benzene rings is 1. The Morgan fingerprint density at radius 3 is 2.50 bits per heavy atom. The number of hydrogen-bond donors (Lipinski definition) is 0. The van der Waals surface area contributed by atoms with Gasteiger partial charge in [-0.2, -0.15) is 0 Å². The van der Waals surface area contributed by atoms with E-state index in [1.54, 1.807) is 12.1 Å². The minimum absolute atomic E-state index is 0.152. The average Bonchev–Trinajstić information content (AvgIpc) is 2.27. The Balaban J connectivity index is 3.23. The van der Waals surface area contributed by atoms with Crippen molar-refractivity contribution < 1.29 is 14.3 Å². The molecule has 0 saturated heterocycles. The van der Waals surface area contributed by atoms with Crippen LogP contribution in [-0.4, -0.2) is 19.2 Å². The van der Waals surface area contributed by atoms with Gasteiger partial charge in [-0.05, 0) is 38.1 Å². The van der Waals surface area contributed by atoms with Gasteiger partial charge in [-0.25, -0.2) is 0 Å². The number of allylic oxidation sites excluding steroid dienone is 2. The van der Waals surface area contributed by atoms with Crippen molar-refractivity contribution in [3.63, 3.8) is 0 Å². The Bertz CT molecular complexity index is 440. The molecule has 0 saturated carbocycles. The topological polar surface area (TPSA) is 43.4 Å². The molecule has 0 aliphatic carbocycles. The van der Waals surface area contributed by atoms with Crippen LogP contribution < -0.4 is 4.74 Å². The average molecular weight is 218 g/mol. The lowest BCUT2D eigenvalue weighted by atomic mass is 10.0. The second-order valence-electron chi connectivity index (χ2n) is 3.66. The van der Waals surface area contributed by atoms with Crippen LogP contribution in [0.2, 0.25) is 0 Å². The van der Waals surface area contributed by atoms with Crippen molar-refractivity contribution in [3.05, 3.63) is 41.0 Å². The molecule has 0 spiro atoms. The van der Waals surface area contributed by atoms with Gasteiger partial charge in [0.1, 0.15) is 12.0 Å². The summed E-state index contributed by atoms with van der Waals surface area (Å²) < 4.78 is 5.08. The van der Waals surface area contributed by atoms with E-state index in [4.69, 9.17) is 4.74 Å². The minimum atomic E-state index is -0.152. The molecule has 0 aromatic heterocycles. The van der Waals surface area contributed by atoms with E-state index in [1.165, 1.54) is 19.3 Å². The largest absolute Gasteiger partial charge is 0.496 e. The van der Waals surface area contributed by atoms with Crippen LogP contribution in [0, 0.1) is 0 Å². The Kier molecular flexibility index (Phi) is 4.00. The summed E-state index contributed by atoms with van der Waals surface area (Å²) in [4.78, 5) is 22.5. The summed E-state index contributed by atoms with van der Waals surface area (Å²) in [5, 5.41) is 0. The number of ether oxygens (including phenoxy) is 1. The van der Waals surface area contributed by atoms with E-state index >= 15 is 0 Å². The molecule has 0 unspecified atom stereocenters. The Hall–Kier alpha value is -1.90. The lowest BCUT2D eigenvalue weighted by Gasteiger charge is -2.06. The number of hydrogen-bond acceptors (Lipinski definition) is 3. The fourth-order valence-electron chi connectivity index (χ4n) is 1.33. The number of carbonyl (C=O) groups is 2. The molecule has 0 amide bonds. The van der Waals surface area contributed by atoms with Crippen molar-refractivity contribution in [3.8, 4) is 5.75 Å². The highest BCUT2D eigenvalue weighted by atomic mass is 16.5. The van der Waals surface area contributed by atoms with Gasteiger partial charge in [0.15, 0.2) is 5.78 Å². The molecule has 16 heavy (non-hydrogen) atoms. The zero-order chi connectivity index (χ0) is 12.1. The van der Waals surface area contributed by atoms with Crippen LogP contribution in [0.4, 0.5) is 0 Å². The third kappa shape index (κ3) is 2.79. The van der Waals surface area contributed by atoms with Gasteiger partial charge in [-0.3, -0.25) is 9.59 Å². The maximum absolute atomic E-state index is 11.8. The van der Waals surface area contributed by atoms with Gasteiger partial charge >= 0.3 is 0 Å². The van der Waals surface area contributed by atoms with E-state index in [0.717, 1.165) is 5.57 Å². The SMILES string of the molecule is COc1ccc(C=O)cc1C(=O)C=C(C)C. The third-order valence-electron chi connectivity index (χ3n) is 2.04. The molecule has 0 heterocycles. The molecular weight excluding hydrogens is 204 g/mol. The molecule has 0 N–H and O–H groups in total. The van der Waals surface area contributed by atoms with E-state index in [2.05, 4.69) is 0 Å². The lowest BCUT2D eigenvalue weighted by Crippen LogP contribution is -2.00. The van der Waals surface area contributed by atoms with Crippen molar-refractivity contribution in [2.24, 2.45) is 0 Å². The van der Waals surface area contributed by atoms with Crippen molar-refractivity contribution in [1.82, 2.24) is 0 Å². The van der Waals surface area contributed by atoms with Crippen LogP contribution in [0.3, 0.4) is 0 Å². The van der Waals surface area contributed by atoms with Gasteiger partial charge < -0.3 is 4.74 Å². The standard InChI is InChI=1S/C13H14O3/c1-9(2)6-12(15)11-7-10(8-14)4-5-13(11)16-3/h4-8H,1-3H3. The minimum Gasteiger partial charge on any atom is -0.496 e. The van der Waals surface area contributed by atoms with E-state index in [1.807, 2.05) is 13.8 Å². The summed E-state index contributed by atoms with van der Waals surface area (Å²) >= 11 is 0. The van der Waals surface area contributed by atoms with Gasteiger partial charge in [0.2, 0.25) is 0 Å². The zero-order valence-corrected chi connectivity index (χ0v) is 9.61. The highest BCUT2D eigenvalue weighted by Gasteiger charge is 2.10. The summed E-state index contributed by atoms with van der Waals surface area (Å²) in [6, 6.07) is 4.77. The molecule has 0 aliphatic heterocycles. The molecular formula is C13H14O3. The summed E-state index contributed by atoms with van der Waals surface area (Å²) in [6.45, 7) is 3.68. The van der Waals surface area contributed by atoms with E-state index in [9.17, 15) is 9.59 Å². The van der Waals surface area contributed by atoms with Gasteiger partial charge in [0.25, 0.3) is 0 Å². The van der Waals surface area contributed by atoms with E-state index in [0.29, 0.717) is 23.2 Å². The first-order valence-electron chi connectivity index (χ1n) is 4.91. The van der Waals surface area contributed by atoms with E-state index < -0.39 is 0 Å². The van der Waals surface area contributed by atoms with Crippen molar-refractivity contribution in [1.29, 1.82) is 0 Å². The Morgan fingerprint density at radius 2 is 2.00 bits per heavy atom. The first kappa shape index (κ1) is 12.2. The number of carbonyl (C=O) groups excluding carboxylic acids is 2. The molecule has 0 aliphatic rings. The van der Waals surface area contributed by atoms with Gasteiger partial charge in [-0.15, -0.1) is 0 Å². The Labute approximate surface area is 94.7 Å². The quantitative estimate of drug-likeness (QED) is 0.443. The fourth-order valence-corrected chi connectivity index (χ4v) is 1.33. The van der Waals surface area contributed by atoms with Crippen LogP contribution >= 0.6 is 0 Å². The molecule has 0 bridgehead atoms. The number of ketones is 1.